The molecule has 3 aliphatic rings. The molecule has 7 heteroatoms. The number of aryl methyl sites for hydroxylation is 9. The van der Waals surface area contributed by atoms with Crippen LogP contribution in [-0.4, -0.2) is 15.0 Å². The van der Waals surface area contributed by atoms with E-state index in [0.717, 1.165) is 39.6 Å². The van der Waals surface area contributed by atoms with Crippen molar-refractivity contribution in [1.29, 1.82) is 0 Å². The standard InChI is InChI=1S/C28H26FN2.2C28H27N2/c1-17-14-24-22-11-6-18(2)30-27(22)28(3,4)25(24)16-23(17)26-15-20(12-13-31(26)5)19-7-9-21(29)10-8-19;2*1-18-15-24-22-12-11-19(2)29-27(22)28(3,4)25(24)17-23(18)26-16-21(13-14-30(26)5)20-9-7-6-8-10-20/h6-16H,1-5H3;2*6-17H,1-5H3/q3*+1. The fourth-order valence-corrected chi connectivity index (χ4v) is 14.3. The maximum absolute atomic E-state index is 13.4. The molecule has 6 heterocycles. The third kappa shape index (κ3) is 10.7. The molecule has 0 radical (unpaired) electrons. The molecule has 3 aliphatic carbocycles. The van der Waals surface area contributed by atoms with Crippen molar-refractivity contribution in [3.63, 3.8) is 0 Å². The van der Waals surface area contributed by atoms with E-state index < -0.39 is 0 Å². The summed E-state index contributed by atoms with van der Waals surface area (Å²) in [5.41, 5.74) is 36.4. The van der Waals surface area contributed by atoms with E-state index in [0.29, 0.717) is 0 Å². The van der Waals surface area contributed by atoms with E-state index in [1.54, 1.807) is 0 Å². The smallest absolute Gasteiger partial charge is 0.213 e. The van der Waals surface area contributed by atoms with Crippen molar-refractivity contribution in [3.05, 3.63) is 286 Å². The molecule has 15 rings (SSSR count). The van der Waals surface area contributed by atoms with Crippen molar-refractivity contribution in [3.8, 4) is 101 Å². The third-order valence-corrected chi connectivity index (χ3v) is 19.5. The number of hydrogen-bond donors (Lipinski definition) is 0. The SMILES string of the molecule is Cc1ccc2c(n1)C(C)(C)c1cc(-c3cc(-c4ccc(F)cc4)cc[n+]3C)c(C)cc1-2.Cc1ccc2c(n1)C(C)(C)c1cc(-c3cc(-c4ccccc4)cc[n+]3C)c(C)cc1-2.Cc1ccc2c(n1)C(C)(C)c1cc(-c3cc(-c4ccccc4)cc[n+]3C)c(C)cc1-2. The fraction of sp³-hybridized carbons (Fsp3) is 0.214. The van der Waals surface area contributed by atoms with Crippen molar-refractivity contribution in [2.75, 3.05) is 0 Å². The van der Waals surface area contributed by atoms with Gasteiger partial charge in [-0.05, 0) is 174 Å². The van der Waals surface area contributed by atoms with Gasteiger partial charge in [0, 0.05) is 103 Å². The summed E-state index contributed by atoms with van der Waals surface area (Å²) in [7, 11) is 6.32. The third-order valence-electron chi connectivity index (χ3n) is 19.5. The zero-order chi connectivity index (χ0) is 64.0. The number of benzene rings is 6. The molecule has 0 amide bonds. The second kappa shape index (κ2) is 22.9. The zero-order valence-electron chi connectivity index (χ0n) is 55.3. The average molecular weight is 1190 g/mol. The molecule has 0 saturated carbocycles. The van der Waals surface area contributed by atoms with E-state index in [9.17, 15) is 4.39 Å². The highest BCUT2D eigenvalue weighted by Crippen LogP contribution is 2.52. The lowest BCUT2D eigenvalue weighted by atomic mass is 9.83. The van der Waals surface area contributed by atoms with Gasteiger partial charge in [-0.15, -0.1) is 0 Å². The average Bonchev–Trinajstić information content (AvgIpc) is 1.60. The first-order chi connectivity index (χ1) is 43.5. The normalized spacial score (nSPS) is 13.8. The summed E-state index contributed by atoms with van der Waals surface area (Å²) in [4.78, 5) is 14.7. The minimum absolute atomic E-state index is 0.102. The molecule has 0 aliphatic heterocycles. The van der Waals surface area contributed by atoms with Gasteiger partial charge in [0.25, 0.3) is 0 Å². The molecule has 0 atom stereocenters. The van der Waals surface area contributed by atoms with E-state index in [1.165, 1.54) is 141 Å². The number of hydrogen-bond acceptors (Lipinski definition) is 3. The zero-order valence-corrected chi connectivity index (χ0v) is 55.3. The van der Waals surface area contributed by atoms with Crippen molar-refractivity contribution < 1.29 is 18.1 Å². The molecule has 450 valence electrons. The van der Waals surface area contributed by atoms with Gasteiger partial charge in [-0.2, -0.15) is 0 Å². The van der Waals surface area contributed by atoms with Crippen LogP contribution in [0.1, 0.15) is 109 Å². The number of fused-ring (bicyclic) bond motifs is 9. The molecule has 0 spiro atoms. The second-order valence-corrected chi connectivity index (χ2v) is 27.0. The Morgan fingerprint density at radius 2 is 0.571 bits per heavy atom. The molecule has 0 saturated heterocycles. The Morgan fingerprint density at radius 1 is 0.286 bits per heavy atom. The lowest BCUT2D eigenvalue weighted by Crippen LogP contribution is -2.30. The van der Waals surface area contributed by atoms with Crippen LogP contribution in [0.25, 0.3) is 101 Å². The quantitative estimate of drug-likeness (QED) is 0.156. The summed E-state index contributed by atoms with van der Waals surface area (Å²) in [6.07, 6.45) is 6.40. The van der Waals surface area contributed by atoms with Gasteiger partial charge in [0.05, 0.1) is 17.1 Å². The lowest BCUT2D eigenvalue weighted by molar-refractivity contribution is -0.660. The molecule has 12 aromatic rings. The maximum Gasteiger partial charge on any atom is 0.213 e. The second-order valence-electron chi connectivity index (χ2n) is 27.0. The summed E-state index contributed by atoms with van der Waals surface area (Å²) < 4.78 is 20.0. The van der Waals surface area contributed by atoms with Crippen LogP contribution >= 0.6 is 0 Å². The molecule has 6 aromatic heterocycles. The number of nitrogens with zero attached hydrogens (tertiary/aromatic N) is 6. The number of rotatable bonds is 6. The Bertz CT molecular complexity index is 4680. The molecule has 0 N–H and O–H groups in total. The van der Waals surface area contributed by atoms with Crippen molar-refractivity contribution in [1.82, 2.24) is 15.0 Å². The molecule has 0 bridgehead atoms. The fourth-order valence-electron chi connectivity index (χ4n) is 14.3. The van der Waals surface area contributed by atoms with Crippen LogP contribution in [-0.2, 0) is 37.4 Å². The van der Waals surface area contributed by atoms with Crippen LogP contribution in [0.15, 0.2) is 213 Å². The minimum atomic E-state index is -0.217. The lowest BCUT2D eigenvalue weighted by Gasteiger charge is -2.21. The number of pyridine rings is 6. The van der Waals surface area contributed by atoms with E-state index in [4.69, 9.17) is 15.0 Å². The summed E-state index contributed by atoms with van der Waals surface area (Å²) >= 11 is 0. The van der Waals surface area contributed by atoms with Crippen LogP contribution in [0.2, 0.25) is 0 Å². The first-order valence-electron chi connectivity index (χ1n) is 31.8. The van der Waals surface area contributed by atoms with Crippen LogP contribution in [0.4, 0.5) is 4.39 Å². The topological polar surface area (TPSA) is 50.3 Å². The highest BCUT2D eigenvalue weighted by atomic mass is 19.1. The number of halogens is 1. The van der Waals surface area contributed by atoms with Gasteiger partial charge in [-0.1, -0.05) is 151 Å². The summed E-state index contributed by atoms with van der Waals surface area (Å²) in [5.74, 6) is -0.217. The van der Waals surface area contributed by atoms with Crippen LogP contribution < -0.4 is 13.7 Å². The molecule has 0 unspecified atom stereocenters. The predicted octanol–water partition coefficient (Wildman–Crippen LogP) is 18.6. The van der Waals surface area contributed by atoms with E-state index >= 15 is 0 Å². The first-order valence-corrected chi connectivity index (χ1v) is 31.8. The minimum Gasteiger partial charge on any atom is -0.257 e. The first kappa shape index (κ1) is 60.1. The van der Waals surface area contributed by atoms with Gasteiger partial charge in [0.2, 0.25) is 17.1 Å². The molecular weight excluding hydrogens is 1110 g/mol. The highest BCUT2D eigenvalue weighted by molar-refractivity contribution is 5.87. The molecule has 6 aromatic carbocycles. The highest BCUT2D eigenvalue weighted by Gasteiger charge is 2.41. The molecular formula is C84H80FN6+3. The van der Waals surface area contributed by atoms with Gasteiger partial charge in [-0.3, -0.25) is 15.0 Å². The largest absolute Gasteiger partial charge is 0.257 e. The van der Waals surface area contributed by atoms with Crippen LogP contribution in [0.3, 0.4) is 0 Å². The summed E-state index contributed by atoms with van der Waals surface area (Å²) in [6, 6.07) is 68.3. The monoisotopic (exact) mass is 1190 g/mol. The molecule has 91 heavy (non-hydrogen) atoms. The maximum atomic E-state index is 13.4. The van der Waals surface area contributed by atoms with Gasteiger partial charge >= 0.3 is 0 Å². The number of aromatic nitrogens is 6. The molecule has 0 fully saturated rings. The van der Waals surface area contributed by atoms with E-state index in [2.05, 4.69) is 306 Å². The Labute approximate surface area is 537 Å². The van der Waals surface area contributed by atoms with E-state index in [-0.39, 0.29) is 22.1 Å². The van der Waals surface area contributed by atoms with Gasteiger partial charge < -0.3 is 0 Å². The Morgan fingerprint density at radius 3 is 0.868 bits per heavy atom. The summed E-state index contributed by atoms with van der Waals surface area (Å²) in [6.45, 7) is 26.5. The summed E-state index contributed by atoms with van der Waals surface area (Å²) in [5, 5.41) is 0. The molecule has 6 nitrogen and oxygen atoms in total. The van der Waals surface area contributed by atoms with Gasteiger partial charge in [0.1, 0.15) is 27.0 Å². The van der Waals surface area contributed by atoms with Gasteiger partial charge in [-0.25, -0.2) is 18.1 Å². The predicted molar refractivity (Wildman–Crippen MR) is 370 cm³/mol. The van der Waals surface area contributed by atoms with Crippen molar-refractivity contribution in [2.45, 2.75) is 99.3 Å². The van der Waals surface area contributed by atoms with Crippen molar-refractivity contribution in [2.24, 2.45) is 21.1 Å². The van der Waals surface area contributed by atoms with E-state index in [1.807, 2.05) is 12.1 Å². The Balaban J connectivity index is 0.000000125. The van der Waals surface area contributed by atoms with Crippen LogP contribution in [0, 0.1) is 47.4 Å². The van der Waals surface area contributed by atoms with Crippen molar-refractivity contribution >= 4 is 0 Å². The Hall–Kier alpha value is -9.85. The Kier molecular flexibility index (Phi) is 15.1. The van der Waals surface area contributed by atoms with Gasteiger partial charge in [0.15, 0.2) is 18.6 Å². The van der Waals surface area contributed by atoms with Crippen LogP contribution in [0.5, 0.6) is 0 Å².